The number of benzene rings is 1. The summed E-state index contributed by atoms with van der Waals surface area (Å²) < 4.78 is 25.2. The van der Waals surface area contributed by atoms with Gasteiger partial charge in [0.1, 0.15) is 5.82 Å². The van der Waals surface area contributed by atoms with Crippen molar-refractivity contribution < 1.29 is 8.42 Å². The molecule has 1 N–H and O–H groups in total. The maximum absolute atomic E-state index is 11.6. The topological polar surface area (TPSA) is 64.0 Å². The van der Waals surface area contributed by atoms with Crippen LogP contribution in [-0.4, -0.2) is 37.3 Å². The fourth-order valence-corrected chi connectivity index (χ4v) is 2.96. The van der Waals surface area contributed by atoms with Crippen LogP contribution >= 0.6 is 0 Å². The molecule has 0 amide bonds. The van der Waals surface area contributed by atoms with Gasteiger partial charge in [0.25, 0.3) is 0 Å². The normalized spacial score (nSPS) is 13.8. The van der Waals surface area contributed by atoms with Crippen molar-refractivity contribution in [2.45, 2.75) is 24.7 Å². The molecule has 0 saturated carbocycles. The van der Waals surface area contributed by atoms with Crippen LogP contribution in [0.25, 0.3) is 11.0 Å². The standard InChI is InChI=1S/C14H21N3O2S/c1-5-15-9-10(2)14-16-12-8-11(20(4,18)19)6-7-13(12)17(14)3/h6-8,10,15H,5,9H2,1-4H3. The summed E-state index contributed by atoms with van der Waals surface area (Å²) in [5.74, 6) is 1.24. The van der Waals surface area contributed by atoms with Crippen LogP contribution in [0, 0.1) is 0 Å². The molecule has 2 rings (SSSR count). The third-order valence-corrected chi connectivity index (χ3v) is 4.57. The molecule has 0 aliphatic rings. The van der Waals surface area contributed by atoms with Gasteiger partial charge < -0.3 is 9.88 Å². The van der Waals surface area contributed by atoms with Crippen molar-refractivity contribution in [2.75, 3.05) is 19.3 Å². The van der Waals surface area contributed by atoms with Crippen LogP contribution in [0.1, 0.15) is 25.6 Å². The lowest BCUT2D eigenvalue weighted by molar-refractivity contribution is 0.593. The molecule has 0 bridgehead atoms. The van der Waals surface area contributed by atoms with Crippen molar-refractivity contribution in [2.24, 2.45) is 7.05 Å². The molecule has 2 aromatic rings. The number of fused-ring (bicyclic) bond motifs is 1. The van der Waals surface area contributed by atoms with Crippen molar-refractivity contribution in [1.29, 1.82) is 0 Å². The predicted octanol–water partition coefficient (Wildman–Crippen LogP) is 1.69. The minimum absolute atomic E-state index is 0.272. The van der Waals surface area contributed by atoms with Crippen molar-refractivity contribution >= 4 is 20.9 Å². The average Bonchev–Trinajstić information content (AvgIpc) is 2.72. The summed E-state index contributed by atoms with van der Waals surface area (Å²) >= 11 is 0. The number of hydrogen-bond donors (Lipinski definition) is 1. The van der Waals surface area contributed by atoms with Crippen LogP contribution in [0.5, 0.6) is 0 Å². The molecule has 1 heterocycles. The summed E-state index contributed by atoms with van der Waals surface area (Å²) in [5, 5.41) is 3.30. The quantitative estimate of drug-likeness (QED) is 0.911. The fraction of sp³-hybridized carbons (Fsp3) is 0.500. The molecule has 1 atom stereocenters. The third kappa shape index (κ3) is 2.86. The molecule has 1 aromatic carbocycles. The SMILES string of the molecule is CCNCC(C)c1nc2cc(S(C)(=O)=O)ccc2n1C. The first-order valence-electron chi connectivity index (χ1n) is 6.71. The second-order valence-electron chi connectivity index (χ2n) is 5.16. The molecule has 20 heavy (non-hydrogen) atoms. The lowest BCUT2D eigenvalue weighted by atomic mass is 10.1. The zero-order valence-corrected chi connectivity index (χ0v) is 13.2. The highest BCUT2D eigenvalue weighted by Crippen LogP contribution is 2.23. The van der Waals surface area contributed by atoms with Crippen LogP contribution in [0.2, 0.25) is 0 Å². The Morgan fingerprint density at radius 3 is 2.70 bits per heavy atom. The average molecular weight is 295 g/mol. The molecule has 110 valence electrons. The first-order valence-corrected chi connectivity index (χ1v) is 8.61. The summed E-state index contributed by atoms with van der Waals surface area (Å²) in [6.07, 6.45) is 1.21. The monoisotopic (exact) mass is 295 g/mol. The maximum Gasteiger partial charge on any atom is 0.175 e. The van der Waals surface area contributed by atoms with Gasteiger partial charge >= 0.3 is 0 Å². The summed E-state index contributed by atoms with van der Waals surface area (Å²) in [6, 6.07) is 5.11. The lowest BCUT2D eigenvalue weighted by Gasteiger charge is -2.11. The molecule has 1 aromatic heterocycles. The number of likely N-dealkylation sites (N-methyl/N-ethyl adjacent to an activating group) is 1. The summed E-state index contributed by atoms with van der Waals surface area (Å²) in [6.45, 7) is 5.96. The number of imidazole rings is 1. The number of rotatable bonds is 5. The highest BCUT2D eigenvalue weighted by atomic mass is 32.2. The van der Waals surface area contributed by atoms with E-state index in [2.05, 4.69) is 24.1 Å². The maximum atomic E-state index is 11.6. The Balaban J connectivity index is 2.47. The summed E-state index contributed by atoms with van der Waals surface area (Å²) in [5.41, 5.74) is 1.68. The number of hydrogen-bond acceptors (Lipinski definition) is 4. The van der Waals surface area contributed by atoms with Gasteiger partial charge in [0.15, 0.2) is 9.84 Å². The number of nitrogens with one attached hydrogen (secondary N) is 1. The third-order valence-electron chi connectivity index (χ3n) is 3.46. The molecule has 5 nitrogen and oxygen atoms in total. The van der Waals surface area contributed by atoms with Crippen molar-refractivity contribution in [3.8, 4) is 0 Å². The number of nitrogens with zero attached hydrogens (tertiary/aromatic N) is 2. The van der Waals surface area contributed by atoms with Gasteiger partial charge in [-0.05, 0) is 24.7 Å². The Labute approximate surface area is 119 Å². The van der Waals surface area contributed by atoms with Gasteiger partial charge in [0.05, 0.1) is 15.9 Å². The zero-order valence-electron chi connectivity index (χ0n) is 12.3. The minimum atomic E-state index is -3.19. The van der Waals surface area contributed by atoms with E-state index in [9.17, 15) is 8.42 Å². The summed E-state index contributed by atoms with van der Waals surface area (Å²) in [7, 11) is -1.23. The minimum Gasteiger partial charge on any atom is -0.331 e. The highest BCUT2D eigenvalue weighted by Gasteiger charge is 2.16. The van der Waals surface area contributed by atoms with Gasteiger partial charge in [0.2, 0.25) is 0 Å². The van der Waals surface area contributed by atoms with Gasteiger partial charge in [-0.1, -0.05) is 13.8 Å². The van der Waals surface area contributed by atoms with Gasteiger partial charge in [-0.15, -0.1) is 0 Å². The van der Waals surface area contributed by atoms with E-state index in [0.717, 1.165) is 29.9 Å². The number of sulfone groups is 1. The van der Waals surface area contributed by atoms with E-state index in [0.29, 0.717) is 4.90 Å². The van der Waals surface area contributed by atoms with E-state index in [-0.39, 0.29) is 5.92 Å². The Morgan fingerprint density at radius 1 is 1.40 bits per heavy atom. The van der Waals surface area contributed by atoms with Crippen LogP contribution in [-0.2, 0) is 16.9 Å². The Bertz CT molecular complexity index is 719. The molecule has 0 saturated heterocycles. The van der Waals surface area contributed by atoms with Crippen molar-refractivity contribution in [3.63, 3.8) is 0 Å². The molecule has 6 heteroatoms. The fourth-order valence-electron chi connectivity index (χ4n) is 2.32. The van der Waals surface area contributed by atoms with Crippen LogP contribution in [0.15, 0.2) is 23.1 Å². The van der Waals surface area contributed by atoms with Crippen LogP contribution in [0.4, 0.5) is 0 Å². The van der Waals surface area contributed by atoms with Gasteiger partial charge in [-0.3, -0.25) is 0 Å². The van der Waals surface area contributed by atoms with E-state index in [1.807, 2.05) is 17.7 Å². The lowest BCUT2D eigenvalue weighted by Crippen LogP contribution is -2.21. The van der Waals surface area contributed by atoms with E-state index in [1.165, 1.54) is 6.26 Å². The molecule has 0 fully saturated rings. The van der Waals surface area contributed by atoms with Gasteiger partial charge in [-0.25, -0.2) is 13.4 Å². The van der Waals surface area contributed by atoms with Gasteiger partial charge in [-0.2, -0.15) is 0 Å². The van der Waals surface area contributed by atoms with E-state index < -0.39 is 9.84 Å². The second-order valence-corrected chi connectivity index (χ2v) is 7.18. The highest BCUT2D eigenvalue weighted by molar-refractivity contribution is 7.90. The smallest absolute Gasteiger partial charge is 0.175 e. The van der Waals surface area contributed by atoms with Gasteiger partial charge in [0, 0.05) is 25.8 Å². The molecule has 0 aliphatic heterocycles. The van der Waals surface area contributed by atoms with Crippen molar-refractivity contribution in [3.05, 3.63) is 24.0 Å². The molecule has 0 aliphatic carbocycles. The first kappa shape index (κ1) is 15.0. The molecular formula is C14H21N3O2S. The van der Waals surface area contributed by atoms with E-state index in [4.69, 9.17) is 0 Å². The van der Waals surface area contributed by atoms with E-state index in [1.54, 1.807) is 12.1 Å². The molecular weight excluding hydrogens is 274 g/mol. The number of aryl methyl sites for hydroxylation is 1. The van der Waals surface area contributed by atoms with Crippen LogP contribution in [0.3, 0.4) is 0 Å². The van der Waals surface area contributed by atoms with E-state index >= 15 is 0 Å². The molecule has 0 spiro atoms. The Hall–Kier alpha value is -1.40. The predicted molar refractivity (Wildman–Crippen MR) is 80.8 cm³/mol. The Kier molecular flexibility index (Phi) is 4.15. The zero-order chi connectivity index (χ0) is 14.9. The van der Waals surface area contributed by atoms with Crippen molar-refractivity contribution in [1.82, 2.24) is 14.9 Å². The summed E-state index contributed by atoms with van der Waals surface area (Å²) in [4.78, 5) is 4.91. The molecule has 0 radical (unpaired) electrons. The number of aromatic nitrogens is 2. The largest absolute Gasteiger partial charge is 0.331 e. The first-order chi connectivity index (χ1) is 9.34. The molecule has 1 unspecified atom stereocenters. The second kappa shape index (κ2) is 5.54. The van der Waals surface area contributed by atoms with Crippen LogP contribution < -0.4 is 5.32 Å². The Morgan fingerprint density at radius 2 is 2.10 bits per heavy atom.